The summed E-state index contributed by atoms with van der Waals surface area (Å²) >= 11 is 0. The van der Waals surface area contributed by atoms with Gasteiger partial charge in [-0.2, -0.15) is 0 Å². The van der Waals surface area contributed by atoms with Gasteiger partial charge >= 0.3 is 6.09 Å². The summed E-state index contributed by atoms with van der Waals surface area (Å²) in [7, 11) is 0. The van der Waals surface area contributed by atoms with Crippen molar-refractivity contribution < 1.29 is 23.9 Å². The van der Waals surface area contributed by atoms with Gasteiger partial charge in [-0.25, -0.2) is 4.79 Å². The molecule has 0 aliphatic rings. The van der Waals surface area contributed by atoms with Crippen molar-refractivity contribution >= 4 is 34.7 Å². The van der Waals surface area contributed by atoms with Crippen LogP contribution in [0.2, 0.25) is 0 Å². The number of rotatable bonds is 10. The number of alkyl carbamates (subject to hydrolysis) is 1. The maximum absolute atomic E-state index is 13.4. The van der Waals surface area contributed by atoms with Crippen LogP contribution in [0.1, 0.15) is 53.5 Å². The Morgan fingerprint density at radius 2 is 1.60 bits per heavy atom. The normalized spacial score (nSPS) is 14.1. The molecule has 0 unspecified atom stereocenters. The lowest BCUT2D eigenvalue weighted by Gasteiger charge is -2.26. The molecule has 10 heteroatoms. The van der Waals surface area contributed by atoms with E-state index in [0.717, 1.165) is 16.5 Å². The van der Waals surface area contributed by atoms with Gasteiger partial charge in [0.1, 0.15) is 23.7 Å². The Labute approximate surface area is 205 Å². The summed E-state index contributed by atoms with van der Waals surface area (Å²) < 4.78 is 5.35. The van der Waals surface area contributed by atoms with E-state index < -0.39 is 47.5 Å². The first kappa shape index (κ1) is 27.7. The van der Waals surface area contributed by atoms with Crippen LogP contribution in [0.25, 0.3) is 10.9 Å². The van der Waals surface area contributed by atoms with Gasteiger partial charge in [0.05, 0.1) is 0 Å². The molecule has 0 radical (unpaired) electrons. The van der Waals surface area contributed by atoms with Gasteiger partial charge < -0.3 is 31.4 Å². The number of nitrogens with one attached hydrogen (secondary N) is 4. The van der Waals surface area contributed by atoms with Crippen molar-refractivity contribution in [1.82, 2.24) is 20.9 Å². The number of fused-ring (bicyclic) bond motifs is 1. The summed E-state index contributed by atoms with van der Waals surface area (Å²) in [5.41, 5.74) is 6.23. The van der Waals surface area contributed by atoms with Gasteiger partial charge in [0.2, 0.25) is 17.7 Å². The quantitative estimate of drug-likeness (QED) is 0.347. The first-order valence-electron chi connectivity index (χ1n) is 11.7. The second-order valence-corrected chi connectivity index (χ2v) is 10.1. The van der Waals surface area contributed by atoms with E-state index in [1.165, 1.54) is 6.92 Å². The van der Waals surface area contributed by atoms with E-state index in [1.807, 2.05) is 38.1 Å². The predicted molar refractivity (Wildman–Crippen MR) is 133 cm³/mol. The van der Waals surface area contributed by atoms with E-state index in [1.54, 1.807) is 27.0 Å². The molecule has 0 bridgehead atoms. The molecule has 4 amide bonds. The van der Waals surface area contributed by atoms with Crippen LogP contribution < -0.4 is 21.7 Å². The number of primary amides is 1. The van der Waals surface area contributed by atoms with Crippen LogP contribution in [0.15, 0.2) is 30.5 Å². The van der Waals surface area contributed by atoms with Crippen LogP contribution in [-0.4, -0.2) is 52.5 Å². The fourth-order valence-corrected chi connectivity index (χ4v) is 3.54. The predicted octanol–water partition coefficient (Wildman–Crippen LogP) is 2.12. The van der Waals surface area contributed by atoms with Crippen LogP contribution in [0.4, 0.5) is 4.79 Å². The van der Waals surface area contributed by atoms with E-state index in [9.17, 15) is 19.2 Å². The molecule has 0 saturated carbocycles. The number of carbonyl (C=O) groups is 4. The molecule has 3 atom stereocenters. The van der Waals surface area contributed by atoms with Crippen molar-refractivity contribution in [3.05, 3.63) is 36.0 Å². The highest BCUT2D eigenvalue weighted by molar-refractivity contribution is 5.94. The molecule has 192 valence electrons. The van der Waals surface area contributed by atoms with Crippen LogP contribution >= 0.6 is 0 Å². The third kappa shape index (κ3) is 8.62. The number of hydrogen-bond donors (Lipinski definition) is 5. The highest BCUT2D eigenvalue weighted by atomic mass is 16.6. The monoisotopic (exact) mass is 487 g/mol. The van der Waals surface area contributed by atoms with Crippen molar-refractivity contribution in [3.63, 3.8) is 0 Å². The molecular weight excluding hydrogens is 450 g/mol. The zero-order valence-electron chi connectivity index (χ0n) is 21.2. The van der Waals surface area contributed by atoms with Gasteiger partial charge in [-0.15, -0.1) is 0 Å². The lowest BCUT2D eigenvalue weighted by molar-refractivity contribution is -0.132. The summed E-state index contributed by atoms with van der Waals surface area (Å²) in [6, 6.07) is 4.79. The summed E-state index contributed by atoms with van der Waals surface area (Å²) in [4.78, 5) is 53.2. The highest BCUT2D eigenvalue weighted by Crippen LogP contribution is 2.20. The molecule has 6 N–H and O–H groups in total. The molecule has 35 heavy (non-hydrogen) atoms. The third-order valence-electron chi connectivity index (χ3n) is 5.23. The van der Waals surface area contributed by atoms with Crippen molar-refractivity contribution in [1.29, 1.82) is 0 Å². The van der Waals surface area contributed by atoms with Crippen LogP contribution in [-0.2, 0) is 25.5 Å². The topological polar surface area (TPSA) is 155 Å². The molecule has 10 nitrogen and oxygen atoms in total. The first-order chi connectivity index (χ1) is 16.3. The molecule has 0 saturated heterocycles. The van der Waals surface area contributed by atoms with Crippen molar-refractivity contribution in [2.75, 3.05) is 0 Å². The standard InChI is InChI=1S/C25H37N5O5/c1-14(2)11-19(22(32)28-15(3)21(26)31)29-23(33)20(30-24(34)35-25(4,5)6)12-16-13-27-18-10-8-7-9-17(16)18/h7-10,13-15,19-20,27H,11-12H2,1-6H3,(H2,26,31)(H,28,32)(H,29,33)(H,30,34)/t15-,19-,20-/m0/s1. The van der Waals surface area contributed by atoms with Gasteiger partial charge in [-0.05, 0) is 51.7 Å². The lowest BCUT2D eigenvalue weighted by Crippen LogP contribution is -2.56. The second kappa shape index (κ2) is 11.7. The number of hydrogen-bond acceptors (Lipinski definition) is 5. The Morgan fingerprint density at radius 3 is 2.20 bits per heavy atom. The first-order valence-corrected chi connectivity index (χ1v) is 11.7. The van der Waals surface area contributed by atoms with Crippen LogP contribution in [0.5, 0.6) is 0 Å². The Morgan fingerprint density at radius 1 is 0.971 bits per heavy atom. The Bertz CT molecular complexity index is 1060. The molecule has 1 aromatic carbocycles. The number of aromatic amines is 1. The smallest absolute Gasteiger partial charge is 0.408 e. The third-order valence-corrected chi connectivity index (χ3v) is 5.23. The Hall–Kier alpha value is -3.56. The minimum atomic E-state index is -1.01. The highest BCUT2D eigenvalue weighted by Gasteiger charge is 2.30. The van der Waals surface area contributed by atoms with E-state index in [4.69, 9.17) is 10.5 Å². The van der Waals surface area contributed by atoms with Crippen molar-refractivity contribution in [3.8, 4) is 0 Å². The average Bonchev–Trinajstić information content (AvgIpc) is 3.13. The van der Waals surface area contributed by atoms with Crippen molar-refractivity contribution in [2.24, 2.45) is 11.7 Å². The lowest BCUT2D eigenvalue weighted by atomic mass is 10.0. The molecule has 2 rings (SSSR count). The van der Waals surface area contributed by atoms with E-state index in [-0.39, 0.29) is 12.3 Å². The Balaban J connectivity index is 2.27. The number of H-pyrrole nitrogens is 1. The molecule has 2 aromatic rings. The zero-order valence-corrected chi connectivity index (χ0v) is 21.2. The summed E-state index contributed by atoms with van der Waals surface area (Å²) in [6.45, 7) is 10.5. The number of benzene rings is 1. The number of ether oxygens (including phenoxy) is 1. The van der Waals surface area contributed by atoms with E-state index in [2.05, 4.69) is 20.9 Å². The molecule has 0 spiro atoms. The molecule has 0 aliphatic carbocycles. The molecule has 0 aliphatic heterocycles. The van der Waals surface area contributed by atoms with Gasteiger partial charge in [0.25, 0.3) is 0 Å². The number of amides is 4. The molecule has 1 aromatic heterocycles. The number of aromatic nitrogens is 1. The minimum Gasteiger partial charge on any atom is -0.444 e. The number of nitrogens with two attached hydrogens (primary N) is 1. The molecule has 0 fully saturated rings. The fourth-order valence-electron chi connectivity index (χ4n) is 3.54. The maximum Gasteiger partial charge on any atom is 0.408 e. The SMILES string of the molecule is CC(C)C[C@H](NC(=O)[C@H](Cc1c[nH]c2ccccc12)NC(=O)OC(C)(C)C)C(=O)N[C@@H](C)C(N)=O. The number of carbonyl (C=O) groups excluding carboxylic acids is 4. The summed E-state index contributed by atoms with van der Waals surface area (Å²) in [5.74, 6) is -1.69. The summed E-state index contributed by atoms with van der Waals surface area (Å²) in [5, 5.41) is 8.82. The zero-order chi connectivity index (χ0) is 26.3. The van der Waals surface area contributed by atoms with Crippen molar-refractivity contribution in [2.45, 2.75) is 78.1 Å². The van der Waals surface area contributed by atoms with E-state index in [0.29, 0.717) is 6.42 Å². The van der Waals surface area contributed by atoms with Gasteiger partial charge in [-0.3, -0.25) is 14.4 Å². The molecule has 1 heterocycles. The summed E-state index contributed by atoms with van der Waals surface area (Å²) in [6.07, 6.45) is 1.54. The van der Waals surface area contributed by atoms with Gasteiger partial charge in [0, 0.05) is 23.5 Å². The second-order valence-electron chi connectivity index (χ2n) is 10.1. The molecular formula is C25H37N5O5. The van der Waals surface area contributed by atoms with Gasteiger partial charge in [-0.1, -0.05) is 32.0 Å². The van der Waals surface area contributed by atoms with Crippen LogP contribution in [0, 0.1) is 5.92 Å². The largest absolute Gasteiger partial charge is 0.444 e. The van der Waals surface area contributed by atoms with Crippen LogP contribution in [0.3, 0.4) is 0 Å². The van der Waals surface area contributed by atoms with Gasteiger partial charge in [0.15, 0.2) is 0 Å². The number of para-hydroxylation sites is 1. The maximum atomic E-state index is 13.4. The Kier molecular flexibility index (Phi) is 9.27. The fraction of sp³-hybridized carbons (Fsp3) is 0.520. The average molecular weight is 488 g/mol. The minimum absolute atomic E-state index is 0.0702. The van der Waals surface area contributed by atoms with E-state index >= 15 is 0 Å².